The van der Waals surface area contributed by atoms with Crippen molar-refractivity contribution in [3.05, 3.63) is 35.0 Å². The Balaban J connectivity index is 1.89. The van der Waals surface area contributed by atoms with Gasteiger partial charge in [0.15, 0.2) is 0 Å². The zero-order valence-electron chi connectivity index (χ0n) is 11.9. The maximum absolute atomic E-state index is 3.53. The molecule has 3 heteroatoms. The Bertz CT molecular complexity index is 563. The third kappa shape index (κ3) is 2.67. The maximum Gasteiger partial charge on any atom is 0.0462 e. The molecule has 2 N–H and O–H groups in total. The van der Waals surface area contributed by atoms with Gasteiger partial charge in [-0.3, -0.25) is 4.90 Å². The molecule has 1 saturated heterocycles. The number of hydrogen-bond acceptors (Lipinski definition) is 2. The second-order valence-electron chi connectivity index (χ2n) is 5.66. The number of fused-ring (bicyclic) bond motifs is 1. The third-order valence-electron chi connectivity index (χ3n) is 4.09. The highest BCUT2D eigenvalue weighted by Gasteiger charge is 2.14. The van der Waals surface area contributed by atoms with Crippen molar-refractivity contribution in [1.82, 2.24) is 15.2 Å². The first-order valence-electron chi connectivity index (χ1n) is 7.25. The number of benzene rings is 1. The summed E-state index contributed by atoms with van der Waals surface area (Å²) in [5.74, 6) is 0. The summed E-state index contributed by atoms with van der Waals surface area (Å²) in [4.78, 5) is 6.10. The summed E-state index contributed by atoms with van der Waals surface area (Å²) in [6.07, 6.45) is 1.25. The largest absolute Gasteiger partial charge is 0.358 e. The van der Waals surface area contributed by atoms with Crippen LogP contribution in [-0.4, -0.2) is 36.1 Å². The molecule has 0 amide bonds. The van der Waals surface area contributed by atoms with Crippen molar-refractivity contribution in [2.75, 3.05) is 26.2 Å². The van der Waals surface area contributed by atoms with E-state index in [9.17, 15) is 0 Å². The van der Waals surface area contributed by atoms with E-state index in [0.29, 0.717) is 0 Å². The second kappa shape index (κ2) is 5.35. The number of hydrogen-bond donors (Lipinski definition) is 2. The van der Waals surface area contributed by atoms with Gasteiger partial charge in [-0.05, 0) is 50.6 Å². The van der Waals surface area contributed by atoms with Crippen LogP contribution in [0.15, 0.2) is 18.2 Å². The molecule has 1 aromatic heterocycles. The standard InChI is InChI=1S/C16H23N3/c1-12-4-5-14-15(13(2)18-16(14)10-12)11-19-8-3-6-17-7-9-19/h4-5,10,17-18H,3,6-9,11H2,1-2H3. The molecule has 0 unspecified atom stereocenters. The van der Waals surface area contributed by atoms with Gasteiger partial charge in [-0.15, -0.1) is 0 Å². The fraction of sp³-hybridized carbons (Fsp3) is 0.500. The molecule has 102 valence electrons. The summed E-state index contributed by atoms with van der Waals surface area (Å²) in [7, 11) is 0. The molecule has 1 aliphatic rings. The van der Waals surface area contributed by atoms with Crippen LogP contribution < -0.4 is 5.32 Å². The number of nitrogens with one attached hydrogen (secondary N) is 2. The van der Waals surface area contributed by atoms with E-state index in [1.807, 2.05) is 0 Å². The lowest BCUT2D eigenvalue weighted by atomic mass is 10.1. The van der Waals surface area contributed by atoms with Gasteiger partial charge in [-0.25, -0.2) is 0 Å². The van der Waals surface area contributed by atoms with Crippen LogP contribution in [0.25, 0.3) is 10.9 Å². The van der Waals surface area contributed by atoms with Gasteiger partial charge in [0.2, 0.25) is 0 Å². The van der Waals surface area contributed by atoms with E-state index in [0.717, 1.165) is 26.2 Å². The molecular weight excluding hydrogens is 234 g/mol. The topological polar surface area (TPSA) is 31.1 Å². The van der Waals surface area contributed by atoms with Crippen molar-refractivity contribution in [2.45, 2.75) is 26.8 Å². The summed E-state index contributed by atoms with van der Waals surface area (Å²) in [5, 5.41) is 4.86. The molecule has 0 atom stereocenters. The van der Waals surface area contributed by atoms with Crippen molar-refractivity contribution in [2.24, 2.45) is 0 Å². The molecule has 1 aromatic carbocycles. The molecule has 0 saturated carbocycles. The van der Waals surface area contributed by atoms with Crippen LogP contribution in [0.5, 0.6) is 0 Å². The van der Waals surface area contributed by atoms with Gasteiger partial charge < -0.3 is 10.3 Å². The van der Waals surface area contributed by atoms with E-state index in [-0.39, 0.29) is 0 Å². The van der Waals surface area contributed by atoms with Crippen LogP contribution in [0, 0.1) is 13.8 Å². The minimum atomic E-state index is 1.07. The smallest absolute Gasteiger partial charge is 0.0462 e. The Hall–Kier alpha value is -1.32. The Morgan fingerprint density at radius 3 is 2.95 bits per heavy atom. The molecule has 3 nitrogen and oxygen atoms in total. The van der Waals surface area contributed by atoms with Crippen molar-refractivity contribution in [3.8, 4) is 0 Å². The molecule has 1 fully saturated rings. The van der Waals surface area contributed by atoms with Crippen LogP contribution in [0.2, 0.25) is 0 Å². The first-order chi connectivity index (χ1) is 9.24. The minimum absolute atomic E-state index is 1.07. The number of rotatable bonds is 2. The molecular formula is C16H23N3. The van der Waals surface area contributed by atoms with Crippen LogP contribution in [0.4, 0.5) is 0 Å². The minimum Gasteiger partial charge on any atom is -0.358 e. The van der Waals surface area contributed by atoms with Gasteiger partial charge in [-0.1, -0.05) is 12.1 Å². The highest BCUT2D eigenvalue weighted by molar-refractivity contribution is 5.85. The number of H-pyrrole nitrogens is 1. The summed E-state index contributed by atoms with van der Waals surface area (Å²) >= 11 is 0. The van der Waals surface area contributed by atoms with E-state index in [2.05, 4.69) is 47.2 Å². The van der Waals surface area contributed by atoms with E-state index >= 15 is 0 Å². The number of aromatic nitrogens is 1. The number of nitrogens with zero attached hydrogens (tertiary/aromatic N) is 1. The summed E-state index contributed by atoms with van der Waals surface area (Å²) in [6, 6.07) is 6.72. The molecule has 0 radical (unpaired) electrons. The highest BCUT2D eigenvalue weighted by atomic mass is 15.1. The normalized spacial score (nSPS) is 17.8. The molecule has 1 aliphatic heterocycles. The van der Waals surface area contributed by atoms with Gasteiger partial charge in [0.1, 0.15) is 0 Å². The Morgan fingerprint density at radius 2 is 2.05 bits per heavy atom. The third-order valence-corrected chi connectivity index (χ3v) is 4.09. The van der Waals surface area contributed by atoms with Crippen LogP contribution in [0.1, 0.15) is 23.2 Å². The molecule has 0 spiro atoms. The zero-order chi connectivity index (χ0) is 13.2. The lowest BCUT2D eigenvalue weighted by Gasteiger charge is -2.19. The van der Waals surface area contributed by atoms with Gasteiger partial charge in [-0.2, -0.15) is 0 Å². The van der Waals surface area contributed by atoms with Crippen LogP contribution in [0.3, 0.4) is 0 Å². The number of aryl methyl sites for hydroxylation is 2. The average Bonchev–Trinajstić information content (AvgIpc) is 2.57. The summed E-state index contributed by atoms with van der Waals surface area (Å²) in [6.45, 7) is 10.0. The van der Waals surface area contributed by atoms with Crippen molar-refractivity contribution in [1.29, 1.82) is 0 Å². The van der Waals surface area contributed by atoms with Crippen LogP contribution >= 0.6 is 0 Å². The maximum atomic E-state index is 3.53. The van der Waals surface area contributed by atoms with Crippen molar-refractivity contribution >= 4 is 10.9 Å². The van der Waals surface area contributed by atoms with Gasteiger partial charge in [0.05, 0.1) is 0 Å². The van der Waals surface area contributed by atoms with Gasteiger partial charge in [0, 0.05) is 36.2 Å². The Kier molecular flexibility index (Phi) is 3.58. The first kappa shape index (κ1) is 12.7. The van der Waals surface area contributed by atoms with E-state index in [4.69, 9.17) is 0 Å². The van der Waals surface area contributed by atoms with E-state index in [1.165, 1.54) is 40.7 Å². The predicted molar refractivity (Wildman–Crippen MR) is 80.5 cm³/mol. The van der Waals surface area contributed by atoms with Gasteiger partial charge in [0.25, 0.3) is 0 Å². The second-order valence-corrected chi connectivity index (χ2v) is 5.66. The molecule has 19 heavy (non-hydrogen) atoms. The number of aromatic amines is 1. The monoisotopic (exact) mass is 257 g/mol. The quantitative estimate of drug-likeness (QED) is 0.866. The highest BCUT2D eigenvalue weighted by Crippen LogP contribution is 2.24. The molecule has 0 aliphatic carbocycles. The SMILES string of the molecule is Cc1ccc2c(CN3CCCNCC3)c(C)[nH]c2c1. The fourth-order valence-electron chi connectivity index (χ4n) is 2.99. The van der Waals surface area contributed by atoms with Gasteiger partial charge >= 0.3 is 0 Å². The summed E-state index contributed by atoms with van der Waals surface area (Å²) < 4.78 is 0. The average molecular weight is 257 g/mol. The lowest BCUT2D eigenvalue weighted by Crippen LogP contribution is -2.27. The van der Waals surface area contributed by atoms with E-state index in [1.54, 1.807) is 0 Å². The first-order valence-corrected chi connectivity index (χ1v) is 7.25. The van der Waals surface area contributed by atoms with Crippen molar-refractivity contribution in [3.63, 3.8) is 0 Å². The molecule has 2 aromatic rings. The zero-order valence-corrected chi connectivity index (χ0v) is 11.9. The molecule has 3 rings (SSSR count). The molecule has 2 heterocycles. The van der Waals surface area contributed by atoms with Crippen LogP contribution in [-0.2, 0) is 6.54 Å². The van der Waals surface area contributed by atoms with Crippen molar-refractivity contribution < 1.29 is 0 Å². The Labute approximate surface area is 115 Å². The lowest BCUT2D eigenvalue weighted by molar-refractivity contribution is 0.285. The fourth-order valence-corrected chi connectivity index (χ4v) is 2.99. The van der Waals surface area contributed by atoms with E-state index < -0.39 is 0 Å². The Morgan fingerprint density at radius 1 is 1.16 bits per heavy atom. The summed E-state index contributed by atoms with van der Waals surface area (Å²) in [5.41, 5.74) is 5.38. The predicted octanol–water partition coefficient (Wildman–Crippen LogP) is 2.58. The molecule has 0 bridgehead atoms.